The molecule has 0 bridgehead atoms. The summed E-state index contributed by atoms with van der Waals surface area (Å²) < 4.78 is 10.6. The van der Waals surface area contributed by atoms with Crippen molar-refractivity contribution in [3.05, 3.63) is 12.7 Å². The van der Waals surface area contributed by atoms with E-state index in [0.717, 1.165) is 12.8 Å². The second-order valence-electron chi connectivity index (χ2n) is 2.91. The van der Waals surface area contributed by atoms with Crippen molar-refractivity contribution in [3.63, 3.8) is 0 Å². The summed E-state index contributed by atoms with van der Waals surface area (Å²) in [5.74, 6) is 0.304. The van der Waals surface area contributed by atoms with E-state index < -0.39 is 0 Å². The number of rotatable bonds is 5. The minimum atomic E-state index is -0.0838. The highest BCUT2D eigenvalue weighted by atomic mass is 16.7. The number of allylic oxidation sites excluding steroid dienone is 1. The zero-order chi connectivity index (χ0) is 8.81. The summed E-state index contributed by atoms with van der Waals surface area (Å²) >= 11 is 0. The third-order valence-corrected chi connectivity index (χ3v) is 2.02. The lowest BCUT2D eigenvalue weighted by atomic mass is 10.0. The maximum Gasteiger partial charge on any atom is 0.158 e. The molecule has 1 aliphatic rings. The van der Waals surface area contributed by atoms with Gasteiger partial charge in [0.25, 0.3) is 0 Å². The van der Waals surface area contributed by atoms with E-state index in [1.165, 1.54) is 0 Å². The standard InChI is InChI=1S/C9H16O3/c1-2-8(3-4-10)7-9-11-5-6-12-9/h2,8-10H,1,3-7H2. The van der Waals surface area contributed by atoms with Crippen LogP contribution in [-0.4, -0.2) is 31.2 Å². The number of aliphatic hydroxyl groups is 1. The van der Waals surface area contributed by atoms with Gasteiger partial charge in [0, 0.05) is 13.0 Å². The van der Waals surface area contributed by atoms with Crippen LogP contribution in [-0.2, 0) is 9.47 Å². The molecule has 1 N–H and O–H groups in total. The molecule has 1 saturated heterocycles. The molecule has 0 radical (unpaired) electrons. The molecule has 1 aliphatic heterocycles. The van der Waals surface area contributed by atoms with E-state index >= 15 is 0 Å². The Balaban J connectivity index is 2.20. The van der Waals surface area contributed by atoms with Gasteiger partial charge >= 0.3 is 0 Å². The Morgan fingerprint density at radius 2 is 2.17 bits per heavy atom. The topological polar surface area (TPSA) is 38.7 Å². The lowest BCUT2D eigenvalue weighted by molar-refractivity contribution is -0.0545. The van der Waals surface area contributed by atoms with Gasteiger partial charge < -0.3 is 14.6 Å². The van der Waals surface area contributed by atoms with Crippen molar-refractivity contribution in [2.24, 2.45) is 5.92 Å². The molecule has 1 atom stereocenters. The Labute approximate surface area is 73.0 Å². The summed E-state index contributed by atoms with van der Waals surface area (Å²) in [4.78, 5) is 0. The first-order valence-electron chi connectivity index (χ1n) is 4.33. The summed E-state index contributed by atoms with van der Waals surface area (Å²) in [6.07, 6.45) is 3.32. The lowest BCUT2D eigenvalue weighted by Gasteiger charge is -2.14. The fraction of sp³-hybridized carbons (Fsp3) is 0.778. The molecule has 1 unspecified atom stereocenters. The van der Waals surface area contributed by atoms with Crippen LogP contribution in [0.25, 0.3) is 0 Å². The maximum absolute atomic E-state index is 8.71. The molecule has 0 amide bonds. The van der Waals surface area contributed by atoms with Crippen LogP contribution in [0.5, 0.6) is 0 Å². The van der Waals surface area contributed by atoms with E-state index in [0.29, 0.717) is 19.1 Å². The molecule has 0 aromatic carbocycles. The lowest BCUT2D eigenvalue weighted by Crippen LogP contribution is -2.14. The van der Waals surface area contributed by atoms with Gasteiger partial charge in [0.2, 0.25) is 0 Å². The van der Waals surface area contributed by atoms with Crippen LogP contribution in [0.1, 0.15) is 12.8 Å². The van der Waals surface area contributed by atoms with Gasteiger partial charge in [0.05, 0.1) is 13.2 Å². The highest BCUT2D eigenvalue weighted by Crippen LogP contribution is 2.17. The van der Waals surface area contributed by atoms with Crippen LogP contribution in [0.2, 0.25) is 0 Å². The Morgan fingerprint density at radius 1 is 1.50 bits per heavy atom. The quantitative estimate of drug-likeness (QED) is 0.627. The Kier molecular flexibility index (Phi) is 4.29. The molecule has 0 aromatic rings. The molecule has 3 nitrogen and oxygen atoms in total. The van der Waals surface area contributed by atoms with E-state index in [1.54, 1.807) is 0 Å². The van der Waals surface area contributed by atoms with E-state index in [-0.39, 0.29) is 12.9 Å². The second-order valence-corrected chi connectivity index (χ2v) is 2.91. The second kappa shape index (κ2) is 5.30. The zero-order valence-corrected chi connectivity index (χ0v) is 7.24. The fourth-order valence-corrected chi connectivity index (χ4v) is 1.29. The minimum Gasteiger partial charge on any atom is -0.396 e. The van der Waals surface area contributed by atoms with Gasteiger partial charge in [-0.25, -0.2) is 0 Å². The van der Waals surface area contributed by atoms with Gasteiger partial charge in [-0.05, 0) is 12.3 Å². The van der Waals surface area contributed by atoms with Crippen LogP contribution in [0.4, 0.5) is 0 Å². The molecular formula is C9H16O3. The number of ether oxygens (including phenoxy) is 2. The Bertz CT molecular complexity index is 130. The SMILES string of the molecule is C=CC(CCO)CC1OCCO1. The predicted octanol–water partition coefficient (Wildman–Crippen LogP) is 0.934. The molecular weight excluding hydrogens is 156 g/mol. The van der Waals surface area contributed by atoms with Crippen LogP contribution in [0, 0.1) is 5.92 Å². The van der Waals surface area contributed by atoms with Crippen molar-refractivity contribution >= 4 is 0 Å². The number of hydrogen-bond acceptors (Lipinski definition) is 3. The van der Waals surface area contributed by atoms with Crippen molar-refractivity contribution < 1.29 is 14.6 Å². The molecule has 3 heteroatoms. The van der Waals surface area contributed by atoms with Crippen molar-refractivity contribution in [1.29, 1.82) is 0 Å². The molecule has 1 rings (SSSR count). The Hall–Kier alpha value is -0.380. The summed E-state index contributed by atoms with van der Waals surface area (Å²) in [6.45, 7) is 5.27. The third-order valence-electron chi connectivity index (χ3n) is 2.02. The van der Waals surface area contributed by atoms with Crippen molar-refractivity contribution in [2.45, 2.75) is 19.1 Å². The van der Waals surface area contributed by atoms with Gasteiger partial charge in [0.15, 0.2) is 6.29 Å². The summed E-state index contributed by atoms with van der Waals surface area (Å²) in [6, 6.07) is 0. The zero-order valence-electron chi connectivity index (χ0n) is 7.24. The van der Waals surface area contributed by atoms with Gasteiger partial charge in [-0.2, -0.15) is 0 Å². The Morgan fingerprint density at radius 3 is 2.67 bits per heavy atom. The van der Waals surface area contributed by atoms with Gasteiger partial charge in [-0.3, -0.25) is 0 Å². The monoisotopic (exact) mass is 172 g/mol. The van der Waals surface area contributed by atoms with E-state index in [2.05, 4.69) is 6.58 Å². The molecule has 1 fully saturated rings. The molecule has 70 valence electrons. The van der Waals surface area contributed by atoms with Crippen LogP contribution in [0.15, 0.2) is 12.7 Å². The largest absolute Gasteiger partial charge is 0.396 e. The van der Waals surface area contributed by atoms with Gasteiger partial charge in [-0.1, -0.05) is 6.08 Å². The fourth-order valence-electron chi connectivity index (χ4n) is 1.29. The first-order valence-corrected chi connectivity index (χ1v) is 4.33. The van der Waals surface area contributed by atoms with Crippen molar-refractivity contribution in [3.8, 4) is 0 Å². The molecule has 1 heterocycles. The smallest absolute Gasteiger partial charge is 0.158 e. The van der Waals surface area contributed by atoms with E-state index in [1.807, 2.05) is 6.08 Å². The number of hydrogen-bond donors (Lipinski definition) is 1. The molecule has 12 heavy (non-hydrogen) atoms. The van der Waals surface area contributed by atoms with Crippen LogP contribution in [0.3, 0.4) is 0 Å². The van der Waals surface area contributed by atoms with Gasteiger partial charge in [-0.15, -0.1) is 6.58 Å². The minimum absolute atomic E-state index is 0.0838. The normalized spacial score (nSPS) is 21.1. The molecule has 0 saturated carbocycles. The maximum atomic E-state index is 8.71. The van der Waals surface area contributed by atoms with E-state index in [4.69, 9.17) is 14.6 Å². The van der Waals surface area contributed by atoms with Crippen molar-refractivity contribution in [2.75, 3.05) is 19.8 Å². The van der Waals surface area contributed by atoms with Crippen LogP contribution < -0.4 is 0 Å². The molecule has 0 spiro atoms. The summed E-state index contributed by atoms with van der Waals surface area (Å²) in [5.41, 5.74) is 0. The number of aliphatic hydroxyl groups excluding tert-OH is 1. The average Bonchev–Trinajstić information content (AvgIpc) is 2.56. The molecule has 0 aromatic heterocycles. The first-order chi connectivity index (χ1) is 5.86. The van der Waals surface area contributed by atoms with Crippen molar-refractivity contribution in [1.82, 2.24) is 0 Å². The highest BCUT2D eigenvalue weighted by Gasteiger charge is 2.19. The van der Waals surface area contributed by atoms with Crippen LogP contribution >= 0.6 is 0 Å². The molecule has 0 aliphatic carbocycles. The first kappa shape index (κ1) is 9.71. The van der Waals surface area contributed by atoms with Gasteiger partial charge in [0.1, 0.15) is 0 Å². The predicted molar refractivity (Wildman–Crippen MR) is 45.7 cm³/mol. The van der Waals surface area contributed by atoms with E-state index in [9.17, 15) is 0 Å². The average molecular weight is 172 g/mol. The highest BCUT2D eigenvalue weighted by molar-refractivity contribution is 4.80. The summed E-state index contributed by atoms with van der Waals surface area (Å²) in [7, 11) is 0. The summed E-state index contributed by atoms with van der Waals surface area (Å²) in [5, 5.41) is 8.71. The third kappa shape index (κ3) is 2.93.